The van der Waals surface area contributed by atoms with Crippen LogP contribution in [0.3, 0.4) is 0 Å². The van der Waals surface area contributed by atoms with Crippen molar-refractivity contribution in [2.75, 3.05) is 27.9 Å². The van der Waals surface area contributed by atoms with Gasteiger partial charge in [-0.3, -0.25) is 0 Å². The molecule has 0 radical (unpaired) electrons. The molecule has 33 heavy (non-hydrogen) atoms. The van der Waals surface area contributed by atoms with Crippen LogP contribution in [-0.4, -0.2) is 46.6 Å². The Balaban J connectivity index is 1.92. The molecule has 0 N–H and O–H groups in total. The van der Waals surface area contributed by atoms with Gasteiger partial charge in [0.15, 0.2) is 11.5 Å². The summed E-state index contributed by atoms with van der Waals surface area (Å²) in [5.41, 5.74) is 2.60. The largest absolute Gasteiger partial charge is 0.493 e. The fourth-order valence-electron chi connectivity index (χ4n) is 4.26. The van der Waals surface area contributed by atoms with Crippen LogP contribution in [0.1, 0.15) is 33.1 Å². The first kappa shape index (κ1) is 22.8. The Morgan fingerprint density at radius 2 is 1.55 bits per heavy atom. The molecule has 1 unspecified atom stereocenters. The van der Waals surface area contributed by atoms with Gasteiger partial charge in [-0.1, -0.05) is 42.5 Å². The van der Waals surface area contributed by atoms with E-state index in [9.17, 15) is 13.2 Å². The maximum absolute atomic E-state index is 14.0. The monoisotopic (exact) mass is 467 g/mol. The van der Waals surface area contributed by atoms with E-state index in [1.165, 1.54) is 23.5 Å². The summed E-state index contributed by atoms with van der Waals surface area (Å²) in [5, 5.41) is 0. The Morgan fingerprint density at radius 3 is 2.21 bits per heavy atom. The number of carbonyl (C=O) groups excluding carboxylic acids is 1. The van der Waals surface area contributed by atoms with Gasteiger partial charge in [-0.25, -0.2) is 13.2 Å². The Labute approximate surface area is 193 Å². The lowest BCUT2D eigenvalue weighted by Gasteiger charge is -2.37. The minimum Gasteiger partial charge on any atom is -0.493 e. The number of ether oxygens (including phenoxy) is 3. The summed E-state index contributed by atoms with van der Waals surface area (Å²) in [4.78, 5) is 12.3. The predicted octanol–water partition coefficient (Wildman–Crippen LogP) is 3.83. The Bertz CT molecular complexity index is 1270. The molecule has 0 aromatic heterocycles. The van der Waals surface area contributed by atoms with Gasteiger partial charge < -0.3 is 14.2 Å². The lowest BCUT2D eigenvalue weighted by Crippen LogP contribution is -2.41. The molecule has 0 aliphatic carbocycles. The van der Waals surface area contributed by atoms with Gasteiger partial charge >= 0.3 is 5.97 Å². The maximum atomic E-state index is 14.0. The average Bonchev–Trinajstić information content (AvgIpc) is 2.86. The molecule has 1 aliphatic rings. The highest BCUT2D eigenvalue weighted by Crippen LogP contribution is 2.43. The van der Waals surface area contributed by atoms with Gasteiger partial charge in [0.25, 0.3) is 0 Å². The highest BCUT2D eigenvalue weighted by Gasteiger charge is 2.39. The average molecular weight is 468 g/mol. The lowest BCUT2D eigenvalue weighted by atomic mass is 9.89. The van der Waals surface area contributed by atoms with E-state index in [0.29, 0.717) is 17.9 Å². The van der Waals surface area contributed by atoms with Crippen LogP contribution in [0, 0.1) is 0 Å². The summed E-state index contributed by atoms with van der Waals surface area (Å²) >= 11 is 0. The molecule has 0 amide bonds. The summed E-state index contributed by atoms with van der Waals surface area (Å²) in [7, 11) is 0.288. The van der Waals surface area contributed by atoms with Gasteiger partial charge in [0.05, 0.1) is 37.8 Å². The third-order valence-corrected chi connectivity index (χ3v) is 7.75. The first-order valence-corrected chi connectivity index (χ1v) is 11.8. The van der Waals surface area contributed by atoms with Crippen molar-refractivity contribution in [2.45, 2.75) is 17.4 Å². The molecule has 0 spiro atoms. The van der Waals surface area contributed by atoms with Crippen LogP contribution >= 0.6 is 0 Å². The van der Waals surface area contributed by atoms with Crippen molar-refractivity contribution >= 4 is 16.0 Å². The SMILES string of the molecule is COC(=O)c1ccccc1S(=O)(=O)N1CCc2cc(OC)c(OC)cc2C1c1ccccc1. The molecular formula is C25H25NO6S. The van der Waals surface area contributed by atoms with Gasteiger partial charge in [-0.15, -0.1) is 0 Å². The summed E-state index contributed by atoms with van der Waals surface area (Å²) in [6, 6.07) is 18.7. The second-order valence-corrected chi connectivity index (χ2v) is 9.43. The van der Waals surface area contributed by atoms with Crippen molar-refractivity contribution in [3.8, 4) is 11.5 Å². The molecule has 1 heterocycles. The smallest absolute Gasteiger partial charge is 0.339 e. The van der Waals surface area contributed by atoms with Gasteiger partial charge in [0.1, 0.15) is 0 Å². The van der Waals surface area contributed by atoms with E-state index in [2.05, 4.69) is 0 Å². The molecule has 1 aliphatic heterocycles. The second kappa shape index (κ2) is 9.25. The molecule has 172 valence electrons. The molecule has 3 aromatic carbocycles. The van der Waals surface area contributed by atoms with Gasteiger partial charge in [-0.2, -0.15) is 4.31 Å². The summed E-state index contributed by atoms with van der Waals surface area (Å²) in [6.45, 7) is 0.236. The minimum absolute atomic E-state index is 0.00456. The molecule has 4 rings (SSSR count). The van der Waals surface area contributed by atoms with Crippen molar-refractivity contribution in [1.29, 1.82) is 0 Å². The summed E-state index contributed by atoms with van der Waals surface area (Å²) in [5.74, 6) is 0.413. The zero-order chi connectivity index (χ0) is 23.6. The van der Waals surface area contributed by atoms with E-state index in [1.807, 2.05) is 42.5 Å². The molecule has 8 heteroatoms. The van der Waals surface area contributed by atoms with Crippen LogP contribution in [-0.2, 0) is 21.2 Å². The van der Waals surface area contributed by atoms with Crippen LogP contribution in [0.25, 0.3) is 0 Å². The van der Waals surface area contributed by atoms with E-state index >= 15 is 0 Å². The highest BCUT2D eigenvalue weighted by atomic mass is 32.2. The quantitative estimate of drug-likeness (QED) is 0.513. The van der Waals surface area contributed by atoms with Crippen molar-refractivity contribution in [2.24, 2.45) is 0 Å². The standard InChI is InChI=1S/C25H25NO6S/c1-30-21-15-18-13-14-26(33(28,29)23-12-8-7-11-19(23)25(27)32-3)24(17-9-5-4-6-10-17)20(18)16-22(21)31-2/h4-12,15-16,24H,13-14H2,1-3H3. The first-order chi connectivity index (χ1) is 15.9. The molecule has 3 aromatic rings. The highest BCUT2D eigenvalue weighted by molar-refractivity contribution is 7.89. The van der Waals surface area contributed by atoms with Crippen molar-refractivity contribution in [1.82, 2.24) is 4.31 Å². The number of sulfonamides is 1. The van der Waals surface area contributed by atoms with Crippen molar-refractivity contribution in [3.63, 3.8) is 0 Å². The lowest BCUT2D eigenvalue weighted by molar-refractivity contribution is 0.0596. The number of methoxy groups -OCH3 is 3. The number of esters is 1. The van der Waals surface area contributed by atoms with E-state index in [4.69, 9.17) is 14.2 Å². The number of rotatable bonds is 6. The number of fused-ring (bicyclic) bond motifs is 1. The van der Waals surface area contributed by atoms with Crippen LogP contribution in [0.2, 0.25) is 0 Å². The van der Waals surface area contributed by atoms with E-state index in [1.54, 1.807) is 26.4 Å². The van der Waals surface area contributed by atoms with Crippen LogP contribution in [0.4, 0.5) is 0 Å². The normalized spacial score (nSPS) is 16.0. The van der Waals surface area contributed by atoms with Crippen LogP contribution in [0.15, 0.2) is 71.6 Å². The fraction of sp³-hybridized carbons (Fsp3) is 0.240. The number of hydrogen-bond acceptors (Lipinski definition) is 6. The number of benzene rings is 3. The van der Waals surface area contributed by atoms with E-state index in [-0.39, 0.29) is 17.0 Å². The third-order valence-electron chi connectivity index (χ3n) is 5.82. The predicted molar refractivity (Wildman–Crippen MR) is 123 cm³/mol. The minimum atomic E-state index is -4.06. The molecule has 0 saturated heterocycles. The van der Waals surface area contributed by atoms with Gasteiger partial charge in [0.2, 0.25) is 10.0 Å². The number of carbonyl (C=O) groups is 1. The number of hydrogen-bond donors (Lipinski definition) is 0. The van der Waals surface area contributed by atoms with Crippen LogP contribution in [0.5, 0.6) is 11.5 Å². The Hall–Kier alpha value is -3.36. The van der Waals surface area contributed by atoms with Crippen molar-refractivity contribution < 1.29 is 27.4 Å². The summed E-state index contributed by atoms with van der Waals surface area (Å²) < 4.78 is 45.2. The molecule has 7 nitrogen and oxygen atoms in total. The molecule has 0 saturated carbocycles. The maximum Gasteiger partial charge on any atom is 0.339 e. The Kier molecular flexibility index (Phi) is 6.40. The van der Waals surface area contributed by atoms with E-state index < -0.39 is 22.0 Å². The zero-order valence-electron chi connectivity index (χ0n) is 18.6. The number of nitrogens with zero attached hydrogens (tertiary/aromatic N) is 1. The third kappa shape index (κ3) is 4.07. The van der Waals surface area contributed by atoms with Gasteiger partial charge in [0, 0.05) is 6.54 Å². The molecular weight excluding hydrogens is 442 g/mol. The van der Waals surface area contributed by atoms with Crippen LogP contribution < -0.4 is 9.47 Å². The molecule has 0 bridgehead atoms. The summed E-state index contributed by atoms with van der Waals surface area (Å²) in [6.07, 6.45) is 0.485. The van der Waals surface area contributed by atoms with E-state index in [0.717, 1.165) is 16.7 Å². The molecule has 0 fully saturated rings. The topological polar surface area (TPSA) is 82.1 Å². The Morgan fingerprint density at radius 1 is 0.909 bits per heavy atom. The fourth-order valence-corrected chi connectivity index (χ4v) is 6.04. The zero-order valence-corrected chi connectivity index (χ0v) is 19.5. The van der Waals surface area contributed by atoms with Gasteiger partial charge in [-0.05, 0) is 47.4 Å². The second-order valence-electron chi connectivity index (χ2n) is 7.57. The first-order valence-electron chi connectivity index (χ1n) is 10.4. The van der Waals surface area contributed by atoms with Crippen molar-refractivity contribution in [3.05, 3.63) is 89.0 Å². The molecule has 1 atom stereocenters.